The molecule has 0 saturated carbocycles. The van der Waals surface area contributed by atoms with Crippen LogP contribution in [0.4, 0.5) is 5.69 Å². The van der Waals surface area contributed by atoms with Crippen LogP contribution in [0.3, 0.4) is 0 Å². The van der Waals surface area contributed by atoms with Gasteiger partial charge in [0.25, 0.3) is 0 Å². The number of para-hydroxylation sites is 1. The van der Waals surface area contributed by atoms with Crippen LogP contribution in [0, 0.1) is 0 Å². The van der Waals surface area contributed by atoms with Crippen LogP contribution in [-0.2, 0) is 4.79 Å². The second-order valence-electron chi connectivity index (χ2n) is 4.33. The monoisotopic (exact) mass is 245 g/mol. The third kappa shape index (κ3) is 2.18. The molecule has 0 spiro atoms. The Morgan fingerprint density at radius 1 is 1.28 bits per heavy atom. The first kappa shape index (κ1) is 12.5. The summed E-state index contributed by atoms with van der Waals surface area (Å²) in [5.74, 6) is 0.0443. The molecular formula is C14H19N3O. The van der Waals surface area contributed by atoms with E-state index in [1.165, 1.54) is 0 Å². The van der Waals surface area contributed by atoms with Crippen molar-refractivity contribution in [3.63, 3.8) is 0 Å². The highest BCUT2D eigenvalue weighted by Crippen LogP contribution is 2.21. The molecule has 1 amide bonds. The molecule has 96 valence electrons. The SMILES string of the molecule is CCN(c1ccccc1)N1C=CC(=O)N(C)C1C. The van der Waals surface area contributed by atoms with E-state index in [2.05, 4.69) is 29.1 Å². The first-order valence-electron chi connectivity index (χ1n) is 6.21. The molecule has 0 radical (unpaired) electrons. The maximum Gasteiger partial charge on any atom is 0.249 e. The summed E-state index contributed by atoms with van der Waals surface area (Å²) in [6.45, 7) is 4.97. The molecule has 1 aromatic rings. The van der Waals surface area contributed by atoms with Gasteiger partial charge in [0, 0.05) is 25.9 Å². The standard InChI is InChI=1S/C14H19N3O/c1-4-16(13-8-6-5-7-9-13)17-11-10-14(18)15(3)12(17)2/h5-12H,4H2,1-3H3. The molecular weight excluding hydrogens is 226 g/mol. The van der Waals surface area contributed by atoms with Gasteiger partial charge >= 0.3 is 0 Å². The third-order valence-corrected chi connectivity index (χ3v) is 3.29. The van der Waals surface area contributed by atoms with E-state index in [0.717, 1.165) is 12.2 Å². The minimum Gasteiger partial charge on any atom is -0.320 e. The highest BCUT2D eigenvalue weighted by Gasteiger charge is 2.26. The Kier molecular flexibility index (Phi) is 3.55. The first-order chi connectivity index (χ1) is 8.65. The number of carbonyl (C=O) groups excluding carboxylic acids is 1. The minimum atomic E-state index is 0.0163. The summed E-state index contributed by atoms with van der Waals surface area (Å²) >= 11 is 0. The molecule has 1 aliphatic heterocycles. The number of likely N-dealkylation sites (N-methyl/N-ethyl adjacent to an activating group) is 1. The second kappa shape index (κ2) is 5.12. The van der Waals surface area contributed by atoms with Crippen LogP contribution < -0.4 is 5.01 Å². The molecule has 0 aromatic heterocycles. The summed E-state index contributed by atoms with van der Waals surface area (Å²) in [6, 6.07) is 10.2. The smallest absolute Gasteiger partial charge is 0.249 e. The second-order valence-corrected chi connectivity index (χ2v) is 4.33. The molecule has 2 rings (SSSR count). The van der Waals surface area contributed by atoms with E-state index in [-0.39, 0.29) is 12.1 Å². The lowest BCUT2D eigenvalue weighted by atomic mass is 10.3. The highest BCUT2D eigenvalue weighted by molar-refractivity contribution is 5.88. The van der Waals surface area contributed by atoms with E-state index in [4.69, 9.17) is 0 Å². The van der Waals surface area contributed by atoms with Crippen LogP contribution in [0.25, 0.3) is 0 Å². The number of hydrogen-bond donors (Lipinski definition) is 0. The van der Waals surface area contributed by atoms with Crippen LogP contribution in [0.5, 0.6) is 0 Å². The first-order valence-corrected chi connectivity index (χ1v) is 6.21. The normalized spacial score (nSPS) is 19.3. The van der Waals surface area contributed by atoms with Crippen LogP contribution in [0.1, 0.15) is 13.8 Å². The summed E-state index contributed by atoms with van der Waals surface area (Å²) in [5.41, 5.74) is 1.12. The van der Waals surface area contributed by atoms with Gasteiger partial charge in [0.15, 0.2) is 0 Å². The van der Waals surface area contributed by atoms with Crippen molar-refractivity contribution in [2.24, 2.45) is 0 Å². The van der Waals surface area contributed by atoms with Gasteiger partial charge in [-0.05, 0) is 26.0 Å². The number of amides is 1. The molecule has 18 heavy (non-hydrogen) atoms. The fourth-order valence-electron chi connectivity index (χ4n) is 2.11. The molecule has 1 aliphatic rings. The Balaban J connectivity index is 2.29. The Morgan fingerprint density at radius 3 is 2.56 bits per heavy atom. The lowest BCUT2D eigenvalue weighted by molar-refractivity contribution is -0.130. The fourth-order valence-corrected chi connectivity index (χ4v) is 2.11. The molecule has 4 nitrogen and oxygen atoms in total. The van der Waals surface area contributed by atoms with Crippen LogP contribution in [-0.4, -0.2) is 35.6 Å². The number of benzene rings is 1. The van der Waals surface area contributed by atoms with E-state index in [1.807, 2.05) is 38.4 Å². The van der Waals surface area contributed by atoms with Gasteiger partial charge in [0.05, 0.1) is 5.69 Å². The lowest BCUT2D eigenvalue weighted by Crippen LogP contribution is -2.54. The lowest BCUT2D eigenvalue weighted by Gasteiger charge is -2.44. The average molecular weight is 245 g/mol. The number of anilines is 1. The molecule has 4 heteroatoms. The zero-order valence-electron chi connectivity index (χ0n) is 11.1. The molecule has 1 aromatic carbocycles. The van der Waals surface area contributed by atoms with Gasteiger partial charge < -0.3 is 4.90 Å². The highest BCUT2D eigenvalue weighted by atomic mass is 16.2. The average Bonchev–Trinajstić information content (AvgIpc) is 2.41. The van der Waals surface area contributed by atoms with Crippen LogP contribution >= 0.6 is 0 Å². The molecule has 0 aliphatic carbocycles. The number of hydrogen-bond acceptors (Lipinski definition) is 3. The van der Waals surface area contributed by atoms with Crippen molar-refractivity contribution in [1.82, 2.24) is 9.91 Å². The minimum absolute atomic E-state index is 0.0163. The zero-order chi connectivity index (χ0) is 13.1. The molecule has 0 bridgehead atoms. The molecule has 0 saturated heterocycles. The Labute approximate surface area is 108 Å². The molecule has 1 unspecified atom stereocenters. The van der Waals surface area contributed by atoms with Crippen molar-refractivity contribution in [2.75, 3.05) is 18.6 Å². The van der Waals surface area contributed by atoms with Crippen LogP contribution in [0.2, 0.25) is 0 Å². The van der Waals surface area contributed by atoms with Gasteiger partial charge in [-0.1, -0.05) is 18.2 Å². The third-order valence-electron chi connectivity index (χ3n) is 3.29. The quantitative estimate of drug-likeness (QED) is 0.815. The van der Waals surface area contributed by atoms with E-state index in [9.17, 15) is 4.79 Å². The zero-order valence-corrected chi connectivity index (χ0v) is 11.1. The predicted molar refractivity (Wildman–Crippen MR) is 72.7 cm³/mol. The fraction of sp³-hybridized carbons (Fsp3) is 0.357. The van der Waals surface area contributed by atoms with Crippen molar-refractivity contribution in [3.8, 4) is 0 Å². The Morgan fingerprint density at radius 2 is 1.94 bits per heavy atom. The Hall–Kier alpha value is -1.97. The van der Waals surface area contributed by atoms with Crippen molar-refractivity contribution < 1.29 is 4.79 Å². The van der Waals surface area contributed by atoms with Gasteiger partial charge in [-0.3, -0.25) is 14.8 Å². The van der Waals surface area contributed by atoms with E-state index < -0.39 is 0 Å². The van der Waals surface area contributed by atoms with Gasteiger partial charge in [-0.2, -0.15) is 0 Å². The van der Waals surface area contributed by atoms with Crippen molar-refractivity contribution in [2.45, 2.75) is 20.0 Å². The number of hydrazine groups is 1. The largest absolute Gasteiger partial charge is 0.320 e. The summed E-state index contributed by atoms with van der Waals surface area (Å²) in [7, 11) is 1.82. The molecule has 1 heterocycles. The van der Waals surface area contributed by atoms with Crippen molar-refractivity contribution in [3.05, 3.63) is 42.6 Å². The Bertz CT molecular complexity index is 444. The van der Waals surface area contributed by atoms with Gasteiger partial charge in [0.2, 0.25) is 5.91 Å². The molecule has 0 N–H and O–H groups in total. The van der Waals surface area contributed by atoms with Crippen molar-refractivity contribution >= 4 is 11.6 Å². The summed E-state index contributed by atoms with van der Waals surface area (Å²) in [4.78, 5) is 13.3. The summed E-state index contributed by atoms with van der Waals surface area (Å²) < 4.78 is 0. The van der Waals surface area contributed by atoms with Gasteiger partial charge in [0.1, 0.15) is 6.17 Å². The number of carbonyl (C=O) groups is 1. The predicted octanol–water partition coefficient (Wildman–Crippen LogP) is 2.06. The topological polar surface area (TPSA) is 26.8 Å². The van der Waals surface area contributed by atoms with E-state index in [0.29, 0.717) is 0 Å². The molecule has 1 atom stereocenters. The van der Waals surface area contributed by atoms with Crippen LogP contribution in [0.15, 0.2) is 42.6 Å². The van der Waals surface area contributed by atoms with Gasteiger partial charge in [-0.15, -0.1) is 0 Å². The maximum absolute atomic E-state index is 11.6. The summed E-state index contributed by atoms with van der Waals surface area (Å²) in [6.07, 6.45) is 3.47. The van der Waals surface area contributed by atoms with Crippen molar-refractivity contribution in [1.29, 1.82) is 0 Å². The number of rotatable bonds is 3. The summed E-state index contributed by atoms with van der Waals surface area (Å²) in [5, 5.41) is 4.24. The van der Waals surface area contributed by atoms with Gasteiger partial charge in [-0.25, -0.2) is 0 Å². The van der Waals surface area contributed by atoms with E-state index >= 15 is 0 Å². The molecule has 0 fully saturated rings. The maximum atomic E-state index is 11.6. The number of nitrogens with zero attached hydrogens (tertiary/aromatic N) is 3. The van der Waals surface area contributed by atoms with E-state index in [1.54, 1.807) is 11.0 Å².